The first kappa shape index (κ1) is 19.4. The van der Waals surface area contributed by atoms with Gasteiger partial charge in [-0.1, -0.05) is 6.07 Å². The van der Waals surface area contributed by atoms with Crippen molar-refractivity contribution in [2.45, 2.75) is 18.4 Å². The number of nitrogens with one attached hydrogen (secondary N) is 2. The number of aromatic nitrogens is 2. The van der Waals surface area contributed by atoms with Crippen LogP contribution in [0.25, 0.3) is 0 Å². The van der Waals surface area contributed by atoms with E-state index in [2.05, 4.69) is 15.1 Å². The zero-order valence-corrected chi connectivity index (χ0v) is 16.0. The number of nitrogens with zero attached hydrogens (tertiary/aromatic N) is 2. The highest BCUT2D eigenvalue weighted by molar-refractivity contribution is 7.92. The quantitative estimate of drug-likeness (QED) is 0.605. The Balaban J connectivity index is 1.64. The van der Waals surface area contributed by atoms with Crippen LogP contribution in [-0.4, -0.2) is 30.7 Å². The van der Waals surface area contributed by atoms with Crippen LogP contribution in [0, 0.1) is 0 Å². The topological polar surface area (TPSA) is 102 Å². The third kappa shape index (κ3) is 5.34. The van der Waals surface area contributed by atoms with E-state index in [1.165, 1.54) is 31.2 Å². The maximum atomic E-state index is 12.6. The molecule has 8 nitrogen and oxygen atoms in total. The van der Waals surface area contributed by atoms with Gasteiger partial charge in [-0.2, -0.15) is 5.10 Å². The number of ether oxygens (including phenoxy) is 1. The summed E-state index contributed by atoms with van der Waals surface area (Å²) in [5, 5.41) is 6.68. The van der Waals surface area contributed by atoms with E-state index in [0.29, 0.717) is 30.3 Å². The van der Waals surface area contributed by atoms with Gasteiger partial charge in [-0.3, -0.25) is 14.2 Å². The fourth-order valence-corrected chi connectivity index (χ4v) is 3.52. The van der Waals surface area contributed by atoms with E-state index < -0.39 is 10.0 Å². The molecule has 0 fully saturated rings. The summed E-state index contributed by atoms with van der Waals surface area (Å²) in [6.45, 7) is 2.38. The fourth-order valence-electron chi connectivity index (χ4n) is 2.47. The van der Waals surface area contributed by atoms with Crippen molar-refractivity contribution in [2.24, 2.45) is 0 Å². The van der Waals surface area contributed by atoms with Gasteiger partial charge in [-0.15, -0.1) is 0 Å². The van der Waals surface area contributed by atoms with Gasteiger partial charge in [0.15, 0.2) is 0 Å². The number of benzene rings is 2. The number of carbonyl (C=O) groups excluding carboxylic acids is 1. The Hall–Kier alpha value is -3.33. The number of rotatable bonds is 8. The van der Waals surface area contributed by atoms with E-state index >= 15 is 0 Å². The maximum absolute atomic E-state index is 12.6. The SMILES string of the molecule is CC(=O)Nc1ccc(S(=O)(=O)Nc2cccc(OCCn3cccn3)c2)cc1. The standard InChI is InChI=1S/C19H20N4O4S/c1-15(24)21-16-6-8-19(9-7-16)28(25,26)22-17-4-2-5-18(14-17)27-13-12-23-11-3-10-20-23/h2-11,14,22H,12-13H2,1H3,(H,21,24). The summed E-state index contributed by atoms with van der Waals surface area (Å²) in [5.41, 5.74) is 0.918. The van der Waals surface area contributed by atoms with E-state index in [-0.39, 0.29) is 10.8 Å². The first-order valence-corrected chi connectivity index (χ1v) is 10.0. The smallest absolute Gasteiger partial charge is 0.261 e. The fraction of sp³-hybridized carbons (Fsp3) is 0.158. The average Bonchev–Trinajstić information content (AvgIpc) is 3.15. The molecule has 2 N–H and O–H groups in total. The van der Waals surface area contributed by atoms with Crippen molar-refractivity contribution in [1.29, 1.82) is 0 Å². The maximum Gasteiger partial charge on any atom is 0.261 e. The predicted molar refractivity (Wildman–Crippen MR) is 106 cm³/mol. The molecular formula is C19H20N4O4S. The van der Waals surface area contributed by atoms with Gasteiger partial charge in [-0.25, -0.2) is 8.42 Å². The molecule has 1 aromatic heterocycles. The second-order valence-corrected chi connectivity index (χ2v) is 7.64. The summed E-state index contributed by atoms with van der Waals surface area (Å²) in [6, 6.07) is 14.5. The highest BCUT2D eigenvalue weighted by atomic mass is 32.2. The van der Waals surface area contributed by atoms with E-state index in [1.54, 1.807) is 35.1 Å². The molecule has 2 aromatic carbocycles. The Labute approximate surface area is 163 Å². The van der Waals surface area contributed by atoms with Crippen molar-refractivity contribution in [3.05, 3.63) is 67.0 Å². The Morgan fingerprint density at radius 3 is 2.57 bits per heavy atom. The molecule has 28 heavy (non-hydrogen) atoms. The first-order chi connectivity index (χ1) is 13.4. The Bertz CT molecular complexity index is 1030. The van der Waals surface area contributed by atoms with Crippen LogP contribution in [0.3, 0.4) is 0 Å². The highest BCUT2D eigenvalue weighted by Crippen LogP contribution is 2.22. The predicted octanol–water partition coefficient (Wildman–Crippen LogP) is 2.72. The molecule has 0 atom stereocenters. The zero-order valence-electron chi connectivity index (χ0n) is 15.2. The van der Waals surface area contributed by atoms with Crippen LogP contribution in [-0.2, 0) is 21.4 Å². The molecule has 1 heterocycles. The number of anilines is 2. The third-order valence-corrected chi connectivity index (χ3v) is 5.12. The lowest BCUT2D eigenvalue weighted by molar-refractivity contribution is -0.114. The highest BCUT2D eigenvalue weighted by Gasteiger charge is 2.14. The van der Waals surface area contributed by atoms with Gasteiger partial charge in [0.1, 0.15) is 12.4 Å². The van der Waals surface area contributed by atoms with Gasteiger partial charge >= 0.3 is 0 Å². The van der Waals surface area contributed by atoms with Crippen LogP contribution < -0.4 is 14.8 Å². The molecule has 1 amide bonds. The van der Waals surface area contributed by atoms with Gasteiger partial charge in [0, 0.05) is 31.1 Å². The number of carbonyl (C=O) groups is 1. The molecule has 9 heteroatoms. The van der Waals surface area contributed by atoms with E-state index in [1.807, 2.05) is 12.3 Å². The monoisotopic (exact) mass is 400 g/mol. The molecule has 3 aromatic rings. The zero-order chi connectivity index (χ0) is 20.0. The van der Waals surface area contributed by atoms with Crippen molar-refractivity contribution >= 4 is 27.3 Å². The molecule has 3 rings (SSSR count). The Kier molecular flexibility index (Phi) is 5.95. The molecular weight excluding hydrogens is 380 g/mol. The molecule has 0 spiro atoms. The molecule has 0 unspecified atom stereocenters. The van der Waals surface area contributed by atoms with Crippen LogP contribution in [0.4, 0.5) is 11.4 Å². The van der Waals surface area contributed by atoms with Gasteiger partial charge in [0.2, 0.25) is 5.91 Å². The Morgan fingerprint density at radius 2 is 1.89 bits per heavy atom. The van der Waals surface area contributed by atoms with Gasteiger partial charge in [0.05, 0.1) is 17.1 Å². The van der Waals surface area contributed by atoms with Crippen molar-refractivity contribution in [1.82, 2.24) is 9.78 Å². The minimum atomic E-state index is -3.76. The molecule has 0 bridgehead atoms. The van der Waals surface area contributed by atoms with Crippen LogP contribution in [0.2, 0.25) is 0 Å². The van der Waals surface area contributed by atoms with Gasteiger partial charge < -0.3 is 10.1 Å². The first-order valence-electron chi connectivity index (χ1n) is 8.53. The molecule has 146 valence electrons. The van der Waals surface area contributed by atoms with Crippen molar-refractivity contribution in [3.8, 4) is 5.75 Å². The lowest BCUT2D eigenvalue weighted by atomic mass is 10.3. The normalized spacial score (nSPS) is 11.0. The number of hydrogen-bond donors (Lipinski definition) is 2. The van der Waals surface area contributed by atoms with E-state index in [0.717, 1.165) is 0 Å². The molecule has 0 saturated carbocycles. The summed E-state index contributed by atoms with van der Waals surface area (Å²) < 4.78 is 35.1. The lowest BCUT2D eigenvalue weighted by Crippen LogP contribution is -2.13. The van der Waals surface area contributed by atoms with E-state index in [9.17, 15) is 13.2 Å². The minimum absolute atomic E-state index is 0.0894. The lowest BCUT2D eigenvalue weighted by Gasteiger charge is -2.11. The summed E-state index contributed by atoms with van der Waals surface area (Å²) in [5.74, 6) is 0.325. The van der Waals surface area contributed by atoms with Crippen molar-refractivity contribution in [3.63, 3.8) is 0 Å². The van der Waals surface area contributed by atoms with Crippen molar-refractivity contribution in [2.75, 3.05) is 16.6 Å². The summed E-state index contributed by atoms with van der Waals surface area (Å²) in [6.07, 6.45) is 3.53. The molecule has 0 saturated heterocycles. The van der Waals surface area contributed by atoms with Crippen LogP contribution >= 0.6 is 0 Å². The summed E-state index contributed by atoms with van der Waals surface area (Å²) >= 11 is 0. The molecule has 0 aliphatic heterocycles. The van der Waals surface area contributed by atoms with Crippen LogP contribution in [0.5, 0.6) is 5.75 Å². The number of hydrogen-bond acceptors (Lipinski definition) is 5. The second kappa shape index (κ2) is 8.57. The third-order valence-electron chi connectivity index (χ3n) is 3.72. The summed E-state index contributed by atoms with van der Waals surface area (Å²) in [7, 11) is -3.76. The Morgan fingerprint density at radius 1 is 1.11 bits per heavy atom. The average molecular weight is 400 g/mol. The van der Waals surface area contributed by atoms with Crippen molar-refractivity contribution < 1.29 is 17.9 Å². The van der Waals surface area contributed by atoms with Crippen LogP contribution in [0.15, 0.2) is 71.9 Å². The summed E-state index contributed by atoms with van der Waals surface area (Å²) in [4.78, 5) is 11.1. The molecule has 0 aliphatic rings. The van der Waals surface area contributed by atoms with Crippen LogP contribution in [0.1, 0.15) is 6.92 Å². The number of sulfonamides is 1. The van der Waals surface area contributed by atoms with Gasteiger partial charge in [-0.05, 0) is 42.5 Å². The number of amides is 1. The van der Waals surface area contributed by atoms with E-state index in [4.69, 9.17) is 4.74 Å². The molecule has 0 radical (unpaired) electrons. The molecule has 0 aliphatic carbocycles. The largest absolute Gasteiger partial charge is 0.492 e. The van der Waals surface area contributed by atoms with Gasteiger partial charge in [0.25, 0.3) is 10.0 Å². The second-order valence-electron chi connectivity index (χ2n) is 5.96. The minimum Gasteiger partial charge on any atom is -0.492 e.